The van der Waals surface area contributed by atoms with E-state index in [0.717, 1.165) is 28.0 Å². The van der Waals surface area contributed by atoms with Crippen LogP contribution >= 0.6 is 0 Å². The van der Waals surface area contributed by atoms with E-state index in [1.165, 1.54) is 23.4 Å². The third-order valence-electron chi connectivity index (χ3n) is 7.35. The lowest BCUT2D eigenvalue weighted by Crippen LogP contribution is -2.43. The van der Waals surface area contributed by atoms with Gasteiger partial charge in [0.25, 0.3) is 0 Å². The second kappa shape index (κ2) is 12.1. The number of fused-ring (bicyclic) bond motifs is 2. The minimum atomic E-state index is -0.637. The van der Waals surface area contributed by atoms with Crippen LogP contribution in [0.3, 0.4) is 0 Å². The summed E-state index contributed by atoms with van der Waals surface area (Å²) in [6.45, 7) is 8.26. The van der Waals surface area contributed by atoms with Crippen molar-refractivity contribution in [3.05, 3.63) is 119 Å². The molecule has 216 valence electrons. The molecule has 5 rings (SSSR count). The van der Waals surface area contributed by atoms with Crippen LogP contribution in [0.4, 0.5) is 4.79 Å². The zero-order valence-electron chi connectivity index (χ0n) is 24.8. The van der Waals surface area contributed by atoms with E-state index < -0.39 is 11.7 Å². The normalized spacial score (nSPS) is 14.4. The lowest BCUT2D eigenvalue weighted by molar-refractivity contribution is 0.0197. The molecule has 0 aliphatic carbocycles. The first-order chi connectivity index (χ1) is 20.1. The highest BCUT2D eigenvalue weighted by Crippen LogP contribution is 2.37. The van der Waals surface area contributed by atoms with Crippen molar-refractivity contribution >= 4 is 28.4 Å². The van der Waals surface area contributed by atoms with E-state index in [9.17, 15) is 9.59 Å². The Morgan fingerprint density at radius 1 is 0.929 bits per heavy atom. The molecule has 0 saturated carbocycles. The number of carbonyl (C=O) groups is 2. The molecule has 0 aromatic heterocycles. The molecule has 1 amide bonds. The second-order valence-electron chi connectivity index (χ2n) is 11.6. The molecule has 6 heteroatoms. The van der Waals surface area contributed by atoms with Gasteiger partial charge in [-0.25, -0.2) is 9.59 Å². The van der Waals surface area contributed by atoms with Crippen LogP contribution in [0.5, 0.6) is 5.75 Å². The van der Waals surface area contributed by atoms with Gasteiger partial charge in [-0.2, -0.15) is 0 Å². The molecule has 1 aliphatic rings. The lowest BCUT2D eigenvalue weighted by atomic mass is 9.91. The van der Waals surface area contributed by atoms with Crippen LogP contribution in [0.2, 0.25) is 0 Å². The summed E-state index contributed by atoms with van der Waals surface area (Å²) < 4.78 is 17.3. The van der Waals surface area contributed by atoms with Gasteiger partial charge < -0.3 is 19.1 Å². The lowest BCUT2D eigenvalue weighted by Gasteiger charge is -2.32. The summed E-state index contributed by atoms with van der Waals surface area (Å²) in [5, 5.41) is 2.35. The Balaban J connectivity index is 1.47. The Kier molecular flexibility index (Phi) is 8.34. The number of amides is 1. The molecule has 6 nitrogen and oxygen atoms in total. The maximum absolute atomic E-state index is 13.5. The number of carbonyl (C=O) groups excluding carboxylic acids is 2. The number of hydrogen-bond donors (Lipinski definition) is 0. The molecule has 1 aliphatic heterocycles. The molecule has 42 heavy (non-hydrogen) atoms. The summed E-state index contributed by atoms with van der Waals surface area (Å²) in [5.74, 6) is 0.342. The fourth-order valence-electron chi connectivity index (χ4n) is 5.29. The van der Waals surface area contributed by atoms with E-state index in [1.807, 2.05) is 88.4 Å². The van der Waals surface area contributed by atoms with Crippen LogP contribution in [0, 0.1) is 6.92 Å². The summed E-state index contributed by atoms with van der Waals surface area (Å²) >= 11 is 0. The van der Waals surface area contributed by atoms with Crippen LogP contribution in [0.25, 0.3) is 16.3 Å². The number of aryl methyl sites for hydroxylation is 1. The van der Waals surface area contributed by atoms with Crippen molar-refractivity contribution in [2.75, 3.05) is 20.2 Å². The first kappa shape index (κ1) is 28.9. The summed E-state index contributed by atoms with van der Waals surface area (Å²) in [5.41, 5.74) is 4.62. The maximum atomic E-state index is 13.5. The van der Waals surface area contributed by atoms with Crippen molar-refractivity contribution in [1.82, 2.24) is 4.90 Å². The quantitative estimate of drug-likeness (QED) is 0.217. The first-order valence-corrected chi connectivity index (χ1v) is 14.2. The summed E-state index contributed by atoms with van der Waals surface area (Å²) in [6, 6.07) is 28.1. The molecule has 0 bridgehead atoms. The molecule has 0 radical (unpaired) electrons. The van der Waals surface area contributed by atoms with E-state index in [-0.39, 0.29) is 12.1 Å². The fourth-order valence-corrected chi connectivity index (χ4v) is 5.29. The summed E-state index contributed by atoms with van der Waals surface area (Å²) in [6.07, 6.45) is 1.88. The van der Waals surface area contributed by atoms with Crippen molar-refractivity contribution in [1.29, 1.82) is 0 Å². The van der Waals surface area contributed by atoms with Gasteiger partial charge in [0, 0.05) is 12.1 Å². The van der Waals surface area contributed by atoms with Gasteiger partial charge in [-0.3, -0.25) is 0 Å². The van der Waals surface area contributed by atoms with Gasteiger partial charge >= 0.3 is 12.1 Å². The van der Waals surface area contributed by atoms with Gasteiger partial charge in [0.05, 0.1) is 19.2 Å². The topological polar surface area (TPSA) is 65.1 Å². The summed E-state index contributed by atoms with van der Waals surface area (Å²) in [4.78, 5) is 27.7. The molecule has 1 atom stereocenters. The Morgan fingerprint density at radius 2 is 1.67 bits per heavy atom. The summed E-state index contributed by atoms with van der Waals surface area (Å²) in [7, 11) is 1.39. The highest BCUT2D eigenvalue weighted by atomic mass is 16.6. The van der Waals surface area contributed by atoms with Gasteiger partial charge in [-0.1, -0.05) is 72.8 Å². The van der Waals surface area contributed by atoms with Crippen molar-refractivity contribution in [3.8, 4) is 5.75 Å². The average Bonchev–Trinajstić information content (AvgIpc) is 2.97. The zero-order chi connectivity index (χ0) is 29.9. The highest BCUT2D eigenvalue weighted by molar-refractivity contribution is 5.94. The third-order valence-corrected chi connectivity index (χ3v) is 7.35. The fraction of sp³-hybridized carbons (Fsp3) is 0.278. The Bertz CT molecular complexity index is 1640. The van der Waals surface area contributed by atoms with Crippen molar-refractivity contribution in [2.24, 2.45) is 0 Å². The van der Waals surface area contributed by atoms with Gasteiger partial charge in [-0.15, -0.1) is 0 Å². The number of benzene rings is 4. The predicted molar refractivity (Wildman–Crippen MR) is 166 cm³/mol. The van der Waals surface area contributed by atoms with Crippen LogP contribution in [0.15, 0.2) is 91.0 Å². The number of hydrogen-bond acceptors (Lipinski definition) is 5. The van der Waals surface area contributed by atoms with Crippen LogP contribution in [0.1, 0.15) is 53.4 Å². The minimum Gasteiger partial charge on any atom is -0.484 e. The second-order valence-corrected chi connectivity index (χ2v) is 11.6. The molecule has 0 fully saturated rings. The third kappa shape index (κ3) is 6.49. The molecule has 4 aromatic rings. The van der Waals surface area contributed by atoms with Crippen LogP contribution < -0.4 is 4.74 Å². The first-order valence-electron chi connectivity index (χ1n) is 14.2. The van der Waals surface area contributed by atoms with Crippen molar-refractivity contribution < 1.29 is 23.8 Å². The SMILES string of the molecule is COC(=O)c1cc(C2=C[C@H](CN(CCc3cccc4ccccc34)C(=O)OC(C)(C)C)Oc3ccccc32)ccc1C. The van der Waals surface area contributed by atoms with E-state index in [2.05, 4.69) is 30.3 Å². The van der Waals surface area contributed by atoms with Crippen molar-refractivity contribution in [3.63, 3.8) is 0 Å². The zero-order valence-corrected chi connectivity index (χ0v) is 24.8. The van der Waals surface area contributed by atoms with E-state index >= 15 is 0 Å². The number of para-hydroxylation sites is 1. The number of esters is 1. The van der Waals surface area contributed by atoms with E-state index in [0.29, 0.717) is 25.1 Å². The molecule has 0 N–H and O–H groups in total. The van der Waals surface area contributed by atoms with E-state index in [4.69, 9.17) is 14.2 Å². The molecule has 0 unspecified atom stereocenters. The molecule has 1 heterocycles. The van der Waals surface area contributed by atoms with Crippen molar-refractivity contribution in [2.45, 2.75) is 45.8 Å². The standard InChI is InChI=1S/C36H37NO5/c1-24-17-18-27(21-31(24)34(38)40-5)32-22-28(41-33-16-9-8-15-30(32)33)23-37(35(39)42-36(2,3)4)20-19-26-13-10-12-25-11-6-7-14-29(25)26/h6-18,21-22,28H,19-20,23H2,1-5H3/t28-/m1/s1. The monoisotopic (exact) mass is 563 g/mol. The van der Waals surface area contributed by atoms with E-state index in [1.54, 1.807) is 4.90 Å². The number of nitrogens with zero attached hydrogens (tertiary/aromatic N) is 1. The van der Waals surface area contributed by atoms with Gasteiger partial charge in [-0.05, 0) is 85.4 Å². The van der Waals surface area contributed by atoms with Crippen LogP contribution in [-0.2, 0) is 15.9 Å². The average molecular weight is 564 g/mol. The number of ether oxygens (including phenoxy) is 3. The Hall–Kier alpha value is -4.58. The molecule has 0 spiro atoms. The smallest absolute Gasteiger partial charge is 0.410 e. The molecule has 0 saturated heterocycles. The van der Waals surface area contributed by atoms with Gasteiger partial charge in [0.15, 0.2) is 0 Å². The predicted octanol–water partition coefficient (Wildman–Crippen LogP) is 7.61. The van der Waals surface area contributed by atoms with Gasteiger partial charge in [0.1, 0.15) is 17.5 Å². The molecule has 4 aromatic carbocycles. The largest absolute Gasteiger partial charge is 0.484 e. The van der Waals surface area contributed by atoms with Crippen LogP contribution in [-0.4, -0.2) is 48.9 Å². The Labute approximate surface area is 247 Å². The molecular weight excluding hydrogens is 526 g/mol. The number of methoxy groups -OCH3 is 1. The maximum Gasteiger partial charge on any atom is 0.410 e. The van der Waals surface area contributed by atoms with Gasteiger partial charge in [0.2, 0.25) is 0 Å². The number of rotatable bonds is 7. The molecular formula is C36H37NO5. The highest BCUT2D eigenvalue weighted by Gasteiger charge is 2.28. The minimum absolute atomic E-state index is 0.299. The Morgan fingerprint density at radius 3 is 2.45 bits per heavy atom.